The van der Waals surface area contributed by atoms with Gasteiger partial charge in [0.2, 0.25) is 0 Å². The van der Waals surface area contributed by atoms with Crippen molar-refractivity contribution in [3.63, 3.8) is 0 Å². The van der Waals surface area contributed by atoms with Gasteiger partial charge in [-0.25, -0.2) is 0 Å². The quantitative estimate of drug-likeness (QED) is 0.856. The van der Waals surface area contributed by atoms with Gasteiger partial charge >= 0.3 is 5.97 Å². The van der Waals surface area contributed by atoms with Crippen LogP contribution in [-0.4, -0.2) is 23.0 Å². The van der Waals surface area contributed by atoms with Gasteiger partial charge in [0.1, 0.15) is 12.4 Å². The highest BCUT2D eigenvalue weighted by atomic mass is 16.5. The second kappa shape index (κ2) is 7.17. The predicted molar refractivity (Wildman–Crippen MR) is 88.8 cm³/mol. The summed E-state index contributed by atoms with van der Waals surface area (Å²) in [5, 5.41) is 11.8. The Balaban J connectivity index is 1.61. The van der Waals surface area contributed by atoms with E-state index in [1.54, 1.807) is 6.07 Å². The van der Waals surface area contributed by atoms with Crippen molar-refractivity contribution in [3.8, 4) is 5.75 Å². The number of hydrogen-bond acceptors (Lipinski definition) is 3. The molecular weight excluding hydrogens is 306 g/mol. The Bertz CT molecular complexity index is 723. The molecule has 1 fully saturated rings. The number of hydrogen-bond donors (Lipinski definition) is 2. The first-order valence-corrected chi connectivity index (χ1v) is 7.93. The van der Waals surface area contributed by atoms with Gasteiger partial charge in [-0.2, -0.15) is 0 Å². The maximum absolute atomic E-state index is 12.4. The summed E-state index contributed by atoms with van der Waals surface area (Å²) in [4.78, 5) is 23.3. The molecule has 0 saturated heterocycles. The summed E-state index contributed by atoms with van der Waals surface area (Å²) < 4.78 is 5.72. The van der Waals surface area contributed by atoms with E-state index < -0.39 is 5.97 Å². The van der Waals surface area contributed by atoms with Crippen molar-refractivity contribution in [2.24, 2.45) is 5.92 Å². The van der Waals surface area contributed by atoms with E-state index in [-0.39, 0.29) is 17.9 Å². The molecular formula is C19H19NO4. The number of rotatable bonds is 6. The predicted octanol–water partition coefficient (Wildman–Crippen LogP) is 2.86. The fourth-order valence-electron chi connectivity index (χ4n) is 2.75. The van der Waals surface area contributed by atoms with Gasteiger partial charge in [0.05, 0.1) is 5.92 Å². The van der Waals surface area contributed by atoms with E-state index in [0.717, 1.165) is 11.3 Å². The van der Waals surface area contributed by atoms with E-state index in [2.05, 4.69) is 5.32 Å². The zero-order valence-electron chi connectivity index (χ0n) is 13.1. The number of carboxylic acids is 1. The van der Waals surface area contributed by atoms with Crippen molar-refractivity contribution >= 4 is 11.9 Å². The van der Waals surface area contributed by atoms with E-state index >= 15 is 0 Å². The third kappa shape index (κ3) is 3.74. The summed E-state index contributed by atoms with van der Waals surface area (Å²) in [6.07, 6.45) is 0.980. The van der Waals surface area contributed by atoms with Crippen molar-refractivity contribution in [2.75, 3.05) is 0 Å². The molecule has 1 saturated carbocycles. The number of amides is 1. The Kier molecular flexibility index (Phi) is 4.79. The Morgan fingerprint density at radius 3 is 2.42 bits per heavy atom. The van der Waals surface area contributed by atoms with Gasteiger partial charge in [-0.05, 0) is 31.0 Å². The normalized spacial score (nSPS) is 19.2. The number of nitrogens with one attached hydrogen (secondary N) is 1. The van der Waals surface area contributed by atoms with Crippen molar-refractivity contribution in [3.05, 3.63) is 65.7 Å². The number of para-hydroxylation sites is 1. The van der Waals surface area contributed by atoms with Gasteiger partial charge < -0.3 is 15.2 Å². The number of aliphatic carboxylic acids is 1. The molecule has 5 heteroatoms. The minimum absolute atomic E-state index is 0.0679. The Morgan fingerprint density at radius 1 is 1.04 bits per heavy atom. The molecule has 2 aromatic rings. The summed E-state index contributed by atoms with van der Waals surface area (Å²) in [5.41, 5.74) is 1.36. The lowest BCUT2D eigenvalue weighted by Gasteiger charge is -2.33. The number of carbonyl (C=O) groups excluding carboxylic acids is 1. The lowest BCUT2D eigenvalue weighted by molar-refractivity contribution is -0.145. The molecule has 3 rings (SSSR count). The van der Waals surface area contributed by atoms with Gasteiger partial charge in [0.25, 0.3) is 5.91 Å². The van der Waals surface area contributed by atoms with Crippen LogP contribution in [-0.2, 0) is 11.4 Å². The van der Waals surface area contributed by atoms with Gasteiger partial charge in [0.15, 0.2) is 0 Å². The SMILES string of the molecule is O=C(NC1CC(C(=O)O)C1)c1ccccc1COc1ccccc1. The minimum atomic E-state index is -0.794. The van der Waals surface area contributed by atoms with Crippen LogP contribution in [0, 0.1) is 5.92 Å². The first-order chi connectivity index (χ1) is 11.6. The lowest BCUT2D eigenvalue weighted by Crippen LogP contribution is -2.46. The third-order valence-electron chi connectivity index (χ3n) is 4.22. The molecule has 2 N–H and O–H groups in total. The van der Waals surface area contributed by atoms with E-state index in [1.165, 1.54) is 0 Å². The van der Waals surface area contributed by atoms with Crippen LogP contribution in [0.1, 0.15) is 28.8 Å². The first kappa shape index (κ1) is 16.1. The van der Waals surface area contributed by atoms with Crippen molar-refractivity contribution < 1.29 is 19.4 Å². The van der Waals surface area contributed by atoms with E-state index in [4.69, 9.17) is 9.84 Å². The van der Waals surface area contributed by atoms with E-state index in [1.807, 2.05) is 48.5 Å². The molecule has 24 heavy (non-hydrogen) atoms. The molecule has 0 aromatic heterocycles. The van der Waals surface area contributed by atoms with Gasteiger partial charge in [-0.1, -0.05) is 36.4 Å². The minimum Gasteiger partial charge on any atom is -0.489 e. The molecule has 0 aliphatic heterocycles. The highest BCUT2D eigenvalue weighted by molar-refractivity contribution is 5.96. The van der Waals surface area contributed by atoms with Gasteiger partial charge in [0, 0.05) is 17.2 Å². The number of ether oxygens (including phenoxy) is 1. The monoisotopic (exact) mass is 325 g/mol. The molecule has 2 aromatic carbocycles. The molecule has 124 valence electrons. The molecule has 0 spiro atoms. The molecule has 0 unspecified atom stereocenters. The summed E-state index contributed by atoms with van der Waals surface area (Å²) in [6, 6.07) is 16.6. The average Bonchev–Trinajstić information content (AvgIpc) is 2.56. The maximum Gasteiger partial charge on any atom is 0.306 e. The Labute approximate surface area is 140 Å². The van der Waals surface area contributed by atoms with Crippen molar-refractivity contribution in [2.45, 2.75) is 25.5 Å². The van der Waals surface area contributed by atoms with Crippen LogP contribution in [0.15, 0.2) is 54.6 Å². The van der Waals surface area contributed by atoms with E-state index in [0.29, 0.717) is 25.0 Å². The van der Waals surface area contributed by atoms with Gasteiger partial charge in [-0.15, -0.1) is 0 Å². The Morgan fingerprint density at radius 2 is 1.71 bits per heavy atom. The maximum atomic E-state index is 12.4. The average molecular weight is 325 g/mol. The second-order valence-corrected chi connectivity index (χ2v) is 5.94. The number of carbonyl (C=O) groups is 2. The van der Waals surface area contributed by atoms with Crippen LogP contribution >= 0.6 is 0 Å². The molecule has 0 bridgehead atoms. The molecule has 0 heterocycles. The van der Waals surface area contributed by atoms with Crippen LogP contribution in [0.4, 0.5) is 0 Å². The summed E-state index contributed by atoms with van der Waals surface area (Å²) in [6.45, 7) is 0.302. The topological polar surface area (TPSA) is 75.6 Å². The van der Waals surface area contributed by atoms with Crippen molar-refractivity contribution in [1.82, 2.24) is 5.32 Å². The van der Waals surface area contributed by atoms with Crippen LogP contribution in [0.5, 0.6) is 5.75 Å². The Hall–Kier alpha value is -2.82. The highest BCUT2D eigenvalue weighted by Crippen LogP contribution is 2.28. The first-order valence-electron chi connectivity index (χ1n) is 7.93. The highest BCUT2D eigenvalue weighted by Gasteiger charge is 2.35. The molecule has 0 radical (unpaired) electrons. The molecule has 5 nitrogen and oxygen atoms in total. The molecule has 1 amide bonds. The zero-order valence-corrected chi connectivity index (χ0v) is 13.1. The molecule has 1 aliphatic rings. The molecule has 0 atom stereocenters. The van der Waals surface area contributed by atoms with Crippen LogP contribution in [0.3, 0.4) is 0 Å². The van der Waals surface area contributed by atoms with Gasteiger partial charge in [-0.3, -0.25) is 9.59 Å². The van der Waals surface area contributed by atoms with Crippen molar-refractivity contribution in [1.29, 1.82) is 0 Å². The largest absolute Gasteiger partial charge is 0.489 e. The summed E-state index contributed by atoms with van der Waals surface area (Å²) in [7, 11) is 0. The fourth-order valence-corrected chi connectivity index (χ4v) is 2.75. The van der Waals surface area contributed by atoms with Crippen LogP contribution < -0.4 is 10.1 Å². The number of carboxylic acid groups (broad SMARTS) is 1. The summed E-state index contributed by atoms with van der Waals surface area (Å²) >= 11 is 0. The third-order valence-corrected chi connectivity index (χ3v) is 4.22. The fraction of sp³-hybridized carbons (Fsp3) is 0.263. The van der Waals surface area contributed by atoms with Crippen LogP contribution in [0.2, 0.25) is 0 Å². The van der Waals surface area contributed by atoms with Crippen LogP contribution in [0.25, 0.3) is 0 Å². The lowest BCUT2D eigenvalue weighted by atomic mass is 9.80. The number of benzene rings is 2. The second-order valence-electron chi connectivity index (χ2n) is 5.94. The van der Waals surface area contributed by atoms with E-state index in [9.17, 15) is 9.59 Å². The zero-order chi connectivity index (χ0) is 16.9. The standard InChI is InChI=1S/C19H19NO4/c21-18(20-15-10-14(11-15)19(22)23)17-9-5-4-6-13(17)12-24-16-7-2-1-3-8-16/h1-9,14-15H,10-12H2,(H,20,21)(H,22,23). The smallest absolute Gasteiger partial charge is 0.306 e. The molecule has 1 aliphatic carbocycles. The summed E-state index contributed by atoms with van der Waals surface area (Å²) in [5.74, 6) is -0.573.